The molecular weight excluding hydrogens is 184 g/mol. The van der Waals surface area contributed by atoms with Gasteiger partial charge in [-0.3, -0.25) is 4.79 Å². The van der Waals surface area contributed by atoms with Crippen LogP contribution in [0.5, 0.6) is 0 Å². The lowest BCUT2D eigenvalue weighted by Crippen LogP contribution is -2.29. The number of nitrogens with zero attached hydrogens (tertiary/aromatic N) is 2. The highest BCUT2D eigenvalue weighted by Gasteiger charge is 2.45. The fourth-order valence-corrected chi connectivity index (χ4v) is 1.50. The Labute approximate surface area is 81.4 Å². The second kappa shape index (κ2) is 2.88. The van der Waals surface area contributed by atoms with Crippen LogP contribution in [0.3, 0.4) is 0 Å². The average Bonchev–Trinajstić information content (AvgIpc) is 2.60. The van der Waals surface area contributed by atoms with Gasteiger partial charge in [-0.15, -0.1) is 0 Å². The number of Topliss-reactive ketones (excluding diaryl/α,β-unsaturated/α-hetero) is 1. The summed E-state index contributed by atoms with van der Waals surface area (Å²) in [5.41, 5.74) is -0.729. The number of hydrogen-bond acceptors (Lipinski definition) is 5. The lowest BCUT2D eigenvalue weighted by Gasteiger charge is -2.13. The van der Waals surface area contributed by atoms with Crippen LogP contribution < -0.4 is 0 Å². The molecule has 0 aromatic carbocycles. The Hall–Kier alpha value is -1.23. The van der Waals surface area contributed by atoms with E-state index in [9.17, 15) is 4.79 Å². The van der Waals surface area contributed by atoms with Crippen LogP contribution in [0.2, 0.25) is 0 Å². The Morgan fingerprint density at radius 3 is 2.64 bits per heavy atom. The van der Waals surface area contributed by atoms with E-state index in [4.69, 9.17) is 9.26 Å². The Morgan fingerprint density at radius 2 is 2.21 bits per heavy atom. The van der Waals surface area contributed by atoms with Gasteiger partial charge in [0.05, 0.1) is 6.61 Å². The van der Waals surface area contributed by atoms with Crippen LogP contribution in [0.25, 0.3) is 0 Å². The maximum absolute atomic E-state index is 11.8. The third kappa shape index (κ3) is 1.33. The standard InChI is InChI=1S/C9H12N2O3/c1-5-10-8(14-11-5)6-4-13-9(2,3)7(6)12/h6H,4H2,1-3H3. The van der Waals surface area contributed by atoms with Gasteiger partial charge in [-0.1, -0.05) is 5.16 Å². The van der Waals surface area contributed by atoms with Gasteiger partial charge < -0.3 is 9.26 Å². The predicted molar refractivity (Wildman–Crippen MR) is 46.8 cm³/mol. The maximum atomic E-state index is 11.8. The molecule has 76 valence electrons. The van der Waals surface area contributed by atoms with E-state index in [0.717, 1.165) is 0 Å². The van der Waals surface area contributed by atoms with Crippen molar-refractivity contribution in [2.24, 2.45) is 0 Å². The Morgan fingerprint density at radius 1 is 1.50 bits per heavy atom. The molecule has 1 aromatic heterocycles. The summed E-state index contributed by atoms with van der Waals surface area (Å²) in [6.45, 7) is 5.54. The molecule has 0 radical (unpaired) electrons. The van der Waals surface area contributed by atoms with E-state index >= 15 is 0 Å². The zero-order valence-corrected chi connectivity index (χ0v) is 8.40. The number of aryl methyl sites for hydroxylation is 1. The molecule has 0 spiro atoms. The van der Waals surface area contributed by atoms with E-state index in [-0.39, 0.29) is 5.78 Å². The lowest BCUT2D eigenvalue weighted by atomic mass is 9.96. The van der Waals surface area contributed by atoms with Crippen LogP contribution in [-0.4, -0.2) is 28.1 Å². The van der Waals surface area contributed by atoms with E-state index in [2.05, 4.69) is 10.1 Å². The zero-order valence-electron chi connectivity index (χ0n) is 8.40. The molecule has 2 rings (SSSR count). The minimum Gasteiger partial charge on any atom is -0.366 e. The summed E-state index contributed by atoms with van der Waals surface area (Å²) in [6.07, 6.45) is 0. The summed E-state index contributed by atoms with van der Waals surface area (Å²) in [5, 5.41) is 3.65. The molecule has 5 heteroatoms. The molecule has 14 heavy (non-hydrogen) atoms. The van der Waals surface area contributed by atoms with Gasteiger partial charge in [-0.05, 0) is 20.8 Å². The maximum Gasteiger partial charge on any atom is 0.239 e. The SMILES string of the molecule is Cc1noc(C2COC(C)(C)C2=O)n1. The number of hydrogen-bond donors (Lipinski definition) is 0. The van der Waals surface area contributed by atoms with Crippen molar-refractivity contribution in [2.45, 2.75) is 32.3 Å². The highest BCUT2D eigenvalue weighted by molar-refractivity contribution is 5.93. The highest BCUT2D eigenvalue weighted by atomic mass is 16.5. The van der Waals surface area contributed by atoms with Crippen molar-refractivity contribution in [3.63, 3.8) is 0 Å². The van der Waals surface area contributed by atoms with Crippen molar-refractivity contribution in [2.75, 3.05) is 6.61 Å². The molecule has 0 aliphatic carbocycles. The van der Waals surface area contributed by atoms with Gasteiger partial charge in [0.15, 0.2) is 11.6 Å². The van der Waals surface area contributed by atoms with Crippen LogP contribution >= 0.6 is 0 Å². The van der Waals surface area contributed by atoms with Crippen LogP contribution in [0.1, 0.15) is 31.5 Å². The fraction of sp³-hybridized carbons (Fsp3) is 0.667. The van der Waals surface area contributed by atoms with Crippen molar-refractivity contribution in [1.82, 2.24) is 10.1 Å². The summed E-state index contributed by atoms with van der Waals surface area (Å²) >= 11 is 0. The molecule has 1 aliphatic rings. The zero-order chi connectivity index (χ0) is 10.3. The number of carbonyl (C=O) groups excluding carboxylic acids is 1. The third-order valence-electron chi connectivity index (χ3n) is 2.36. The summed E-state index contributed by atoms with van der Waals surface area (Å²) in [6, 6.07) is 0. The first-order chi connectivity index (χ1) is 6.50. The molecule has 1 atom stereocenters. The molecule has 1 fully saturated rings. The lowest BCUT2D eigenvalue weighted by molar-refractivity contribution is -0.129. The van der Waals surface area contributed by atoms with Crippen molar-refractivity contribution < 1.29 is 14.1 Å². The second-order valence-electron chi connectivity index (χ2n) is 3.92. The predicted octanol–water partition coefficient (Wildman–Crippen LogP) is 0.840. The Kier molecular flexibility index (Phi) is 1.92. The van der Waals surface area contributed by atoms with Crippen molar-refractivity contribution >= 4 is 5.78 Å². The van der Waals surface area contributed by atoms with Gasteiger partial charge in [0, 0.05) is 0 Å². The van der Waals surface area contributed by atoms with E-state index in [1.165, 1.54) is 0 Å². The smallest absolute Gasteiger partial charge is 0.239 e. The fourth-order valence-electron chi connectivity index (χ4n) is 1.50. The van der Waals surface area contributed by atoms with Crippen LogP contribution in [0.15, 0.2) is 4.52 Å². The number of ketones is 1. The molecule has 2 heterocycles. The molecule has 1 aliphatic heterocycles. The number of rotatable bonds is 1. The van der Waals surface area contributed by atoms with Gasteiger partial charge in [0.25, 0.3) is 0 Å². The van der Waals surface area contributed by atoms with E-state index in [1.54, 1.807) is 20.8 Å². The summed E-state index contributed by atoms with van der Waals surface area (Å²) in [4.78, 5) is 15.8. The second-order valence-corrected chi connectivity index (χ2v) is 3.92. The molecular formula is C9H12N2O3. The molecule has 1 saturated heterocycles. The molecule has 1 aromatic rings. The summed E-state index contributed by atoms with van der Waals surface area (Å²) in [7, 11) is 0. The summed E-state index contributed by atoms with van der Waals surface area (Å²) in [5.74, 6) is 0.503. The van der Waals surface area contributed by atoms with Gasteiger partial charge >= 0.3 is 0 Å². The molecule has 5 nitrogen and oxygen atoms in total. The van der Waals surface area contributed by atoms with Gasteiger partial charge in [0.1, 0.15) is 11.5 Å². The van der Waals surface area contributed by atoms with Crippen molar-refractivity contribution in [1.29, 1.82) is 0 Å². The third-order valence-corrected chi connectivity index (χ3v) is 2.36. The van der Waals surface area contributed by atoms with Gasteiger partial charge in [-0.2, -0.15) is 4.98 Å². The van der Waals surface area contributed by atoms with Crippen LogP contribution in [0.4, 0.5) is 0 Å². The average molecular weight is 196 g/mol. The largest absolute Gasteiger partial charge is 0.366 e. The molecule has 0 bridgehead atoms. The van der Waals surface area contributed by atoms with Gasteiger partial charge in [0.2, 0.25) is 5.89 Å². The molecule has 0 amide bonds. The van der Waals surface area contributed by atoms with Crippen LogP contribution in [-0.2, 0) is 9.53 Å². The first-order valence-electron chi connectivity index (χ1n) is 4.49. The monoisotopic (exact) mass is 196 g/mol. The first kappa shape index (κ1) is 9.33. The van der Waals surface area contributed by atoms with E-state index < -0.39 is 11.5 Å². The minimum absolute atomic E-state index is 0.00106. The Balaban J connectivity index is 2.26. The molecule has 1 unspecified atom stereocenters. The topological polar surface area (TPSA) is 65.2 Å². The quantitative estimate of drug-likeness (QED) is 0.665. The summed E-state index contributed by atoms with van der Waals surface area (Å²) < 4.78 is 10.3. The minimum atomic E-state index is -0.729. The Bertz CT molecular complexity index is 370. The molecule has 0 N–H and O–H groups in total. The normalized spacial score (nSPS) is 25.6. The van der Waals surface area contributed by atoms with Crippen molar-refractivity contribution in [3.8, 4) is 0 Å². The number of aromatic nitrogens is 2. The first-order valence-corrected chi connectivity index (χ1v) is 4.49. The van der Waals surface area contributed by atoms with Crippen molar-refractivity contribution in [3.05, 3.63) is 11.7 Å². The molecule has 0 saturated carbocycles. The highest BCUT2D eigenvalue weighted by Crippen LogP contribution is 2.31. The van der Waals surface area contributed by atoms with E-state index in [1.807, 2.05) is 0 Å². The number of ether oxygens (including phenoxy) is 1. The van der Waals surface area contributed by atoms with Gasteiger partial charge in [-0.25, -0.2) is 0 Å². The number of carbonyl (C=O) groups is 1. The van der Waals surface area contributed by atoms with E-state index in [0.29, 0.717) is 18.3 Å². The van der Waals surface area contributed by atoms with Crippen LogP contribution in [0, 0.1) is 6.92 Å².